The molecule has 3 heteroatoms. The van der Waals surface area contributed by atoms with Crippen LogP contribution in [-0.4, -0.2) is 22.5 Å². The molecule has 0 unspecified atom stereocenters. The lowest BCUT2D eigenvalue weighted by Crippen LogP contribution is -2.17. The number of rotatable bonds is 2. The number of fused-ring (bicyclic) bond motifs is 1. The topological polar surface area (TPSA) is 52.8 Å². The highest BCUT2D eigenvalue weighted by Gasteiger charge is 2.30. The van der Waals surface area contributed by atoms with Crippen LogP contribution in [0, 0.1) is 0 Å². The van der Waals surface area contributed by atoms with Crippen LogP contribution >= 0.6 is 0 Å². The molecule has 0 bridgehead atoms. The molecule has 0 aromatic heterocycles. The highest BCUT2D eigenvalue weighted by Crippen LogP contribution is 2.38. The minimum atomic E-state index is -0.520. The van der Waals surface area contributed by atoms with Gasteiger partial charge in [0.2, 0.25) is 0 Å². The van der Waals surface area contributed by atoms with Gasteiger partial charge in [0.1, 0.15) is 11.8 Å². The lowest BCUT2D eigenvalue weighted by molar-refractivity contribution is 0.159. The third-order valence-electron chi connectivity index (χ3n) is 5.35. The molecule has 0 radical (unpaired) electrons. The van der Waals surface area contributed by atoms with Crippen LogP contribution in [0.4, 0.5) is 0 Å². The van der Waals surface area contributed by atoms with Gasteiger partial charge in [-0.2, -0.15) is 0 Å². The number of hydrogen-bond acceptors (Lipinski definition) is 3. The lowest BCUT2D eigenvalue weighted by atomic mass is 9.79. The maximum atomic E-state index is 10.9. The molecule has 2 aromatic rings. The Labute approximate surface area is 162 Å². The molecule has 1 aliphatic rings. The van der Waals surface area contributed by atoms with Crippen molar-refractivity contribution in [1.29, 1.82) is 0 Å². The zero-order chi connectivity index (χ0) is 20.0. The van der Waals surface area contributed by atoms with Crippen LogP contribution < -0.4 is 0 Å². The first kappa shape index (κ1) is 19.6. The van der Waals surface area contributed by atoms with E-state index in [9.17, 15) is 10.2 Å². The maximum Gasteiger partial charge on any atom is 0.128 e. The summed E-state index contributed by atoms with van der Waals surface area (Å²) in [7, 11) is 0. The standard InChI is InChI=1S/C24H31NO2/c1-23(2,3)17-11-16(22(27)19(13-17)24(4,5)6)14-25-21-18-10-8-7-9-15(18)12-20(21)26/h7-11,13-14,20-21,26-27H,12H2,1-6H3/t20-,21+/m0/s1. The average Bonchev–Trinajstić information content (AvgIpc) is 2.87. The van der Waals surface area contributed by atoms with Crippen molar-refractivity contribution in [3.8, 4) is 5.75 Å². The number of aliphatic hydroxyl groups excluding tert-OH is 1. The summed E-state index contributed by atoms with van der Waals surface area (Å²) >= 11 is 0. The van der Waals surface area contributed by atoms with E-state index in [1.165, 1.54) is 5.56 Å². The molecule has 0 saturated heterocycles. The van der Waals surface area contributed by atoms with Gasteiger partial charge in [-0.1, -0.05) is 71.9 Å². The van der Waals surface area contributed by atoms with Crippen LogP contribution in [-0.2, 0) is 17.3 Å². The quantitative estimate of drug-likeness (QED) is 0.731. The van der Waals surface area contributed by atoms with Gasteiger partial charge in [-0.05, 0) is 33.6 Å². The molecular weight excluding hydrogens is 334 g/mol. The number of phenols is 1. The largest absolute Gasteiger partial charge is 0.507 e. The Hall–Kier alpha value is -2.13. The lowest BCUT2D eigenvalue weighted by Gasteiger charge is -2.27. The van der Waals surface area contributed by atoms with E-state index in [1.54, 1.807) is 6.21 Å². The van der Waals surface area contributed by atoms with Crippen molar-refractivity contribution >= 4 is 6.21 Å². The van der Waals surface area contributed by atoms with Crippen molar-refractivity contribution in [1.82, 2.24) is 0 Å². The molecule has 27 heavy (non-hydrogen) atoms. The minimum Gasteiger partial charge on any atom is -0.507 e. The summed E-state index contributed by atoms with van der Waals surface area (Å²) in [6.07, 6.45) is 1.84. The highest BCUT2D eigenvalue weighted by atomic mass is 16.3. The number of aliphatic hydroxyl groups is 1. The summed E-state index contributed by atoms with van der Waals surface area (Å²) in [5, 5.41) is 21.3. The SMILES string of the molecule is CC(C)(C)c1cc(C=N[C@@H]2c3ccccc3C[C@@H]2O)c(O)c(C(C)(C)C)c1. The molecule has 2 atom stereocenters. The number of phenolic OH excluding ortho intramolecular Hbond substituents is 1. The van der Waals surface area contributed by atoms with Gasteiger partial charge in [0.15, 0.2) is 0 Å². The van der Waals surface area contributed by atoms with E-state index in [2.05, 4.69) is 52.6 Å². The second kappa shape index (κ2) is 6.79. The Morgan fingerprint density at radius 2 is 1.67 bits per heavy atom. The van der Waals surface area contributed by atoms with Crippen LogP contribution in [0.15, 0.2) is 41.4 Å². The van der Waals surface area contributed by atoms with Crippen LogP contribution in [0.2, 0.25) is 0 Å². The Morgan fingerprint density at radius 3 is 2.30 bits per heavy atom. The van der Waals surface area contributed by atoms with E-state index in [-0.39, 0.29) is 22.6 Å². The summed E-state index contributed by atoms with van der Waals surface area (Å²) in [6.45, 7) is 12.8. The summed E-state index contributed by atoms with van der Waals surface area (Å²) < 4.78 is 0. The first-order valence-electron chi connectivity index (χ1n) is 9.65. The monoisotopic (exact) mass is 365 g/mol. The number of aliphatic imine (C=N–C) groups is 1. The van der Waals surface area contributed by atoms with Gasteiger partial charge < -0.3 is 10.2 Å². The van der Waals surface area contributed by atoms with Crippen LogP contribution in [0.1, 0.15) is 75.4 Å². The second-order valence-electron chi connectivity index (χ2n) is 9.65. The Balaban J connectivity index is 2.05. The van der Waals surface area contributed by atoms with Gasteiger partial charge in [-0.25, -0.2) is 0 Å². The molecule has 2 N–H and O–H groups in total. The van der Waals surface area contributed by atoms with Crippen molar-refractivity contribution in [2.75, 3.05) is 0 Å². The van der Waals surface area contributed by atoms with Crippen LogP contribution in [0.3, 0.4) is 0 Å². The normalized spacial score (nSPS) is 20.3. The Kier molecular flexibility index (Phi) is 4.94. The predicted molar refractivity (Wildman–Crippen MR) is 112 cm³/mol. The smallest absolute Gasteiger partial charge is 0.128 e. The zero-order valence-corrected chi connectivity index (χ0v) is 17.2. The van der Waals surface area contributed by atoms with Crippen molar-refractivity contribution in [2.24, 2.45) is 4.99 Å². The summed E-state index contributed by atoms with van der Waals surface area (Å²) in [5.41, 5.74) is 4.81. The van der Waals surface area contributed by atoms with E-state index in [0.29, 0.717) is 12.0 Å². The van der Waals surface area contributed by atoms with E-state index >= 15 is 0 Å². The van der Waals surface area contributed by atoms with Crippen LogP contribution in [0.5, 0.6) is 5.75 Å². The number of nitrogens with zero attached hydrogens (tertiary/aromatic N) is 1. The first-order valence-corrected chi connectivity index (χ1v) is 9.65. The molecule has 0 saturated carbocycles. The fourth-order valence-electron chi connectivity index (χ4n) is 3.65. The van der Waals surface area contributed by atoms with Gasteiger partial charge >= 0.3 is 0 Å². The maximum absolute atomic E-state index is 10.9. The summed E-state index contributed by atoms with van der Waals surface area (Å²) in [6, 6.07) is 11.9. The molecule has 2 aromatic carbocycles. The fraction of sp³-hybridized carbons (Fsp3) is 0.458. The van der Waals surface area contributed by atoms with E-state index < -0.39 is 6.10 Å². The number of aromatic hydroxyl groups is 1. The third-order valence-corrected chi connectivity index (χ3v) is 5.35. The molecule has 3 rings (SSSR count). The summed E-state index contributed by atoms with van der Waals surface area (Å²) in [5.74, 6) is 0.278. The third kappa shape index (κ3) is 3.93. The van der Waals surface area contributed by atoms with Crippen molar-refractivity contribution in [3.05, 3.63) is 64.2 Å². The van der Waals surface area contributed by atoms with Crippen LogP contribution in [0.25, 0.3) is 0 Å². The fourth-order valence-corrected chi connectivity index (χ4v) is 3.65. The molecule has 0 fully saturated rings. The van der Waals surface area contributed by atoms with Gasteiger partial charge in [0, 0.05) is 23.8 Å². The molecule has 144 valence electrons. The number of hydrogen-bond donors (Lipinski definition) is 2. The molecule has 0 amide bonds. The number of benzene rings is 2. The first-order chi connectivity index (χ1) is 12.5. The van der Waals surface area contributed by atoms with E-state index in [1.807, 2.05) is 30.3 Å². The molecule has 3 nitrogen and oxygen atoms in total. The minimum absolute atomic E-state index is 0.0320. The Bertz CT molecular complexity index is 869. The molecule has 0 aliphatic heterocycles. The Morgan fingerprint density at radius 1 is 1.00 bits per heavy atom. The molecular formula is C24H31NO2. The van der Waals surface area contributed by atoms with Gasteiger partial charge in [0.05, 0.1) is 6.10 Å². The summed E-state index contributed by atoms with van der Waals surface area (Å²) in [4.78, 5) is 4.69. The molecule has 0 spiro atoms. The predicted octanol–water partition coefficient (Wildman–Crippen LogP) is 5.06. The molecule has 0 heterocycles. The van der Waals surface area contributed by atoms with Crippen molar-refractivity contribution in [2.45, 2.75) is 70.9 Å². The highest BCUT2D eigenvalue weighted by molar-refractivity contribution is 5.85. The average molecular weight is 366 g/mol. The van der Waals surface area contributed by atoms with E-state index in [0.717, 1.165) is 16.7 Å². The van der Waals surface area contributed by atoms with E-state index in [4.69, 9.17) is 0 Å². The zero-order valence-electron chi connectivity index (χ0n) is 17.2. The van der Waals surface area contributed by atoms with Crippen molar-refractivity contribution < 1.29 is 10.2 Å². The van der Waals surface area contributed by atoms with Crippen molar-refractivity contribution in [3.63, 3.8) is 0 Å². The molecule has 1 aliphatic carbocycles. The second-order valence-corrected chi connectivity index (χ2v) is 9.65. The van der Waals surface area contributed by atoms with Gasteiger partial charge in [-0.15, -0.1) is 0 Å². The van der Waals surface area contributed by atoms with Gasteiger partial charge in [-0.3, -0.25) is 4.99 Å². The van der Waals surface area contributed by atoms with Gasteiger partial charge in [0.25, 0.3) is 0 Å².